The molecule has 3 nitrogen and oxygen atoms in total. The average Bonchev–Trinajstić information content (AvgIpc) is 3.14. The highest BCUT2D eigenvalue weighted by Gasteiger charge is 2.29. The highest BCUT2D eigenvalue weighted by molar-refractivity contribution is 6.38. The third-order valence-corrected chi connectivity index (χ3v) is 11.9. The molecule has 1 unspecified atom stereocenters. The van der Waals surface area contributed by atoms with Gasteiger partial charge in [0.05, 0.1) is 5.35 Å². The van der Waals surface area contributed by atoms with Crippen LogP contribution in [-0.4, -0.2) is 16.0 Å². The van der Waals surface area contributed by atoms with E-state index in [1.165, 1.54) is 88.9 Å². The van der Waals surface area contributed by atoms with E-state index in [1.54, 1.807) is 4.57 Å². The van der Waals surface area contributed by atoms with Gasteiger partial charge in [0.1, 0.15) is 0 Å². The fourth-order valence-electron chi connectivity index (χ4n) is 9.13. The Morgan fingerprint density at radius 1 is 0.510 bits per heavy atom. The SMILES string of the molecule is [CH]=C1c2ccc3c4ccc5c(=[CH])n(CCCCCCC)c(=O)c6ccc(c7ccc(c2c37)C(=[CH])N1CC(CCCCC)CCCCCCC)c4c56. The standard InChI is InChI=1S/C48H55N2O/c1-7-10-13-15-18-21-35(20-17-12-9-3)31-50-33(5)37-23-26-39-41-25-22-36-32(4)49(30-19-16-14-11-8-2)48(51)43-29-28-42(47(41)45(36)43)40-27-24-38(34(50)6)44(37)46(39)40/h4-6,22-29,35H,7-21,30-31H2,1-3H3. The number of benzene rings is 5. The normalized spacial score (nSPS) is 14.1. The largest absolute Gasteiger partial charge is 0.340 e. The molecular formula is C48H55N2O. The average molecular weight is 676 g/mol. The van der Waals surface area contributed by atoms with Gasteiger partial charge in [-0.3, -0.25) is 4.79 Å². The lowest BCUT2D eigenvalue weighted by Gasteiger charge is -2.37. The van der Waals surface area contributed by atoms with Crippen LogP contribution in [0.5, 0.6) is 0 Å². The predicted molar refractivity (Wildman–Crippen MR) is 221 cm³/mol. The van der Waals surface area contributed by atoms with E-state index in [0.717, 1.165) is 90.4 Å². The second kappa shape index (κ2) is 15.2. The molecule has 1 aromatic heterocycles. The molecule has 51 heavy (non-hydrogen) atoms. The number of hydrogen-bond acceptors (Lipinski definition) is 2. The summed E-state index contributed by atoms with van der Waals surface area (Å²) in [4.78, 5) is 16.2. The van der Waals surface area contributed by atoms with E-state index in [1.807, 2.05) is 6.07 Å². The van der Waals surface area contributed by atoms with Crippen LogP contribution in [0.3, 0.4) is 0 Å². The minimum Gasteiger partial charge on any atom is -0.340 e. The van der Waals surface area contributed by atoms with Crippen molar-refractivity contribution in [3.8, 4) is 0 Å². The van der Waals surface area contributed by atoms with Gasteiger partial charge >= 0.3 is 0 Å². The van der Waals surface area contributed by atoms with Crippen LogP contribution in [0, 0.1) is 19.1 Å². The molecule has 3 radical (unpaired) electrons. The van der Waals surface area contributed by atoms with Gasteiger partial charge in [0.25, 0.3) is 5.56 Å². The Morgan fingerprint density at radius 3 is 1.53 bits per heavy atom. The van der Waals surface area contributed by atoms with Gasteiger partial charge in [0.15, 0.2) is 0 Å². The molecule has 1 atom stereocenters. The summed E-state index contributed by atoms with van der Waals surface area (Å²) in [6.07, 6.45) is 18.4. The van der Waals surface area contributed by atoms with Gasteiger partial charge in [0, 0.05) is 57.2 Å². The Labute approximate surface area is 305 Å². The molecule has 0 saturated heterocycles. The second-order valence-electron chi connectivity index (χ2n) is 15.3. The highest BCUT2D eigenvalue weighted by atomic mass is 16.1. The lowest BCUT2D eigenvalue weighted by atomic mass is 9.82. The summed E-state index contributed by atoms with van der Waals surface area (Å²) < 4.78 is 1.80. The number of nitrogens with zero attached hydrogens (tertiary/aromatic N) is 2. The monoisotopic (exact) mass is 675 g/mol. The first kappa shape index (κ1) is 35.3. The minimum absolute atomic E-state index is 0.00836. The van der Waals surface area contributed by atoms with Crippen molar-refractivity contribution >= 4 is 71.8 Å². The molecule has 0 spiro atoms. The van der Waals surface area contributed by atoms with E-state index >= 15 is 0 Å². The molecule has 0 saturated carbocycles. The zero-order valence-corrected chi connectivity index (χ0v) is 31.3. The Bertz CT molecular complexity index is 2190. The second-order valence-corrected chi connectivity index (χ2v) is 15.3. The third-order valence-electron chi connectivity index (χ3n) is 11.9. The first-order valence-corrected chi connectivity index (χ1v) is 20.1. The zero-order valence-electron chi connectivity index (χ0n) is 31.3. The van der Waals surface area contributed by atoms with Gasteiger partial charge in [-0.25, -0.2) is 0 Å². The molecule has 3 heteroatoms. The fourth-order valence-corrected chi connectivity index (χ4v) is 9.13. The molecular weight excluding hydrogens is 621 g/mol. The Kier molecular flexibility index (Phi) is 10.6. The van der Waals surface area contributed by atoms with E-state index in [9.17, 15) is 4.79 Å². The van der Waals surface area contributed by atoms with Crippen molar-refractivity contribution in [1.29, 1.82) is 0 Å². The highest BCUT2D eigenvalue weighted by Crippen LogP contribution is 2.48. The van der Waals surface area contributed by atoms with Gasteiger partial charge in [-0.2, -0.15) is 0 Å². The van der Waals surface area contributed by atoms with Crippen LogP contribution in [-0.2, 0) is 6.54 Å². The van der Waals surface area contributed by atoms with Crippen molar-refractivity contribution in [1.82, 2.24) is 9.47 Å². The smallest absolute Gasteiger partial charge is 0.258 e. The van der Waals surface area contributed by atoms with Crippen LogP contribution in [0.2, 0.25) is 0 Å². The van der Waals surface area contributed by atoms with Crippen LogP contribution in [0.4, 0.5) is 0 Å². The fraction of sp³-hybridized carbons (Fsp3) is 0.438. The van der Waals surface area contributed by atoms with E-state index in [4.69, 9.17) is 19.7 Å². The van der Waals surface area contributed by atoms with Crippen LogP contribution >= 0.6 is 0 Å². The van der Waals surface area contributed by atoms with Crippen molar-refractivity contribution in [3.05, 3.63) is 88.5 Å². The Hall–Kier alpha value is -4.11. The summed E-state index contributed by atoms with van der Waals surface area (Å²) >= 11 is 0. The maximum Gasteiger partial charge on any atom is 0.258 e. The number of pyridine rings is 1. The van der Waals surface area contributed by atoms with E-state index in [-0.39, 0.29) is 5.56 Å². The van der Waals surface area contributed by atoms with E-state index < -0.39 is 0 Å². The zero-order chi connectivity index (χ0) is 35.6. The summed E-state index contributed by atoms with van der Waals surface area (Å²) in [6.45, 7) is 29.3. The van der Waals surface area contributed by atoms with Gasteiger partial charge in [0.2, 0.25) is 0 Å². The first-order valence-electron chi connectivity index (χ1n) is 20.1. The predicted octanol–water partition coefficient (Wildman–Crippen LogP) is 12.4. The number of hydrogen-bond donors (Lipinski definition) is 0. The Balaban J connectivity index is 1.29. The lowest BCUT2D eigenvalue weighted by Crippen LogP contribution is -2.33. The molecule has 2 heterocycles. The van der Waals surface area contributed by atoms with Crippen molar-refractivity contribution in [3.63, 3.8) is 0 Å². The Morgan fingerprint density at radius 2 is 0.941 bits per heavy atom. The van der Waals surface area contributed by atoms with Crippen molar-refractivity contribution in [2.45, 2.75) is 124 Å². The minimum atomic E-state index is 0.00836. The summed E-state index contributed by atoms with van der Waals surface area (Å²) in [7, 11) is 0. The molecule has 1 aliphatic rings. The maximum absolute atomic E-state index is 14.0. The van der Waals surface area contributed by atoms with Crippen LogP contribution in [0.1, 0.15) is 128 Å². The lowest BCUT2D eigenvalue weighted by molar-refractivity contribution is 0.342. The molecule has 1 aliphatic heterocycles. The van der Waals surface area contributed by atoms with Crippen molar-refractivity contribution in [2.75, 3.05) is 6.54 Å². The van der Waals surface area contributed by atoms with Gasteiger partial charge in [-0.1, -0.05) is 140 Å². The van der Waals surface area contributed by atoms with Crippen LogP contribution in [0.15, 0.2) is 53.3 Å². The summed E-state index contributed by atoms with van der Waals surface area (Å²) in [5.41, 5.74) is 3.65. The van der Waals surface area contributed by atoms with E-state index in [2.05, 4.69) is 68.1 Å². The molecule has 0 bridgehead atoms. The summed E-state index contributed by atoms with van der Waals surface area (Å²) in [5.74, 6) is 0.556. The molecule has 6 aromatic rings. The van der Waals surface area contributed by atoms with Gasteiger partial charge in [-0.15, -0.1) is 0 Å². The van der Waals surface area contributed by atoms with E-state index in [0.29, 0.717) is 17.8 Å². The summed E-state index contributed by atoms with van der Waals surface area (Å²) in [5, 5.41) is 11.3. The molecule has 0 aliphatic carbocycles. The van der Waals surface area contributed by atoms with Crippen LogP contribution in [0.25, 0.3) is 71.8 Å². The molecule has 7 rings (SSSR count). The maximum atomic E-state index is 14.0. The van der Waals surface area contributed by atoms with Gasteiger partial charge in [-0.05, 0) is 83.3 Å². The molecule has 0 amide bonds. The molecule has 0 N–H and O–H groups in total. The molecule has 0 fully saturated rings. The van der Waals surface area contributed by atoms with Crippen molar-refractivity contribution in [2.24, 2.45) is 5.92 Å². The quantitative estimate of drug-likeness (QED) is 0.0515. The summed E-state index contributed by atoms with van der Waals surface area (Å²) in [6, 6.07) is 17.4. The van der Waals surface area contributed by atoms with Gasteiger partial charge < -0.3 is 9.47 Å². The van der Waals surface area contributed by atoms with Crippen LogP contribution < -0.4 is 10.9 Å². The topological polar surface area (TPSA) is 25.2 Å². The first-order chi connectivity index (χ1) is 24.9. The number of aromatic nitrogens is 1. The molecule has 5 aromatic carbocycles. The van der Waals surface area contributed by atoms with Crippen molar-refractivity contribution < 1.29 is 0 Å². The number of rotatable bonds is 18. The molecule has 263 valence electrons. The number of unbranched alkanes of at least 4 members (excludes halogenated alkanes) is 10. The third kappa shape index (κ3) is 6.25. The number of fused-ring (bicyclic) bond motifs is 2.